The molecule has 14 heavy (non-hydrogen) atoms. The smallest absolute Gasteiger partial charge is 0.136 e. The number of hydrogen-bond donors (Lipinski definition) is 0. The van der Waals surface area contributed by atoms with Crippen molar-refractivity contribution in [1.29, 1.82) is 0 Å². The third-order valence-electron chi connectivity index (χ3n) is 1.72. The first-order valence-corrected chi connectivity index (χ1v) is 5.27. The van der Waals surface area contributed by atoms with E-state index in [-0.39, 0.29) is 10.9 Å². The van der Waals surface area contributed by atoms with Crippen LogP contribution in [0, 0.1) is 5.41 Å². The Morgan fingerprint density at radius 3 is 1.79 bits per heavy atom. The minimum Gasteiger partial charge on any atom is -0.293 e. The summed E-state index contributed by atoms with van der Waals surface area (Å²) in [5.41, 5.74) is 2.69. The van der Waals surface area contributed by atoms with Gasteiger partial charge in [-0.05, 0) is 38.7 Å². The first-order chi connectivity index (χ1) is 6.01. The predicted molar refractivity (Wildman–Crippen MR) is 68.9 cm³/mol. The van der Waals surface area contributed by atoms with Gasteiger partial charge >= 0.3 is 0 Å². The zero-order chi connectivity index (χ0) is 11.6. The normalized spacial score (nSPS) is 15.9. The van der Waals surface area contributed by atoms with E-state index in [1.807, 2.05) is 0 Å². The largest absolute Gasteiger partial charge is 0.293 e. The molecule has 2 heteroatoms. The average Bonchev–Trinajstić information content (AvgIpc) is 1.78. The molecule has 0 saturated heterocycles. The molecule has 0 N–H and O–H groups in total. The fourth-order valence-corrected chi connectivity index (χ4v) is 1.35. The van der Waals surface area contributed by atoms with Gasteiger partial charge in [-0.3, -0.25) is 4.99 Å². The van der Waals surface area contributed by atoms with Crippen molar-refractivity contribution in [3.8, 4) is 0 Å². The van der Waals surface area contributed by atoms with Gasteiger partial charge in [0.05, 0.1) is 0 Å². The highest BCUT2D eigenvalue weighted by atomic mass is 14.8. The lowest BCUT2D eigenvalue weighted by Gasteiger charge is -2.17. The molecule has 0 heterocycles. The molecule has 0 amide bonds. The summed E-state index contributed by atoms with van der Waals surface area (Å²) in [6, 6.07) is 0. The van der Waals surface area contributed by atoms with Gasteiger partial charge in [0.2, 0.25) is 0 Å². The molecule has 0 aliphatic rings. The molecule has 0 aromatic carbocycles. The topological polar surface area (TPSA) is 12.4 Å². The zero-order valence-corrected chi connectivity index (χ0v) is 11.0. The lowest BCUT2D eigenvalue weighted by molar-refractivity contribution is 0.541. The maximum Gasteiger partial charge on any atom is 0.136 e. The second kappa shape index (κ2) is 4.33. The molecule has 0 aliphatic carbocycles. The third-order valence-corrected chi connectivity index (χ3v) is 1.72. The summed E-state index contributed by atoms with van der Waals surface area (Å²) in [7, 11) is 2.13. The van der Waals surface area contributed by atoms with Crippen molar-refractivity contribution < 1.29 is 0 Å². The van der Waals surface area contributed by atoms with Crippen LogP contribution < -0.4 is 0 Å². The molecule has 0 fully saturated rings. The van der Waals surface area contributed by atoms with E-state index in [1.54, 1.807) is 0 Å². The molecule has 0 unspecified atom stereocenters. The van der Waals surface area contributed by atoms with Gasteiger partial charge in [-0.15, -0.1) is 0 Å². The fourth-order valence-electron chi connectivity index (χ4n) is 1.35. The Hall–Kier alpha value is -0.525. The van der Waals surface area contributed by atoms with E-state index in [2.05, 4.69) is 67.4 Å². The van der Waals surface area contributed by atoms with Crippen molar-refractivity contribution in [3.05, 3.63) is 11.6 Å². The molecule has 0 aliphatic heterocycles. The summed E-state index contributed by atoms with van der Waals surface area (Å²) in [4.78, 5) is 4.64. The number of hydrogen-bond acceptors (Lipinski definition) is 1. The van der Waals surface area contributed by atoms with Crippen molar-refractivity contribution in [2.24, 2.45) is 10.4 Å². The molecule has 0 saturated carbocycles. The monoisotopic (exact) mass is 193 g/mol. The highest BCUT2D eigenvalue weighted by Crippen LogP contribution is 2.18. The summed E-state index contributed by atoms with van der Waals surface area (Å²) in [6.07, 6.45) is 2.28. The molecule has 0 atom stereocenters. The van der Waals surface area contributed by atoms with Gasteiger partial charge in [-0.25, -0.2) is 0 Å². The lowest BCUT2D eigenvalue weighted by atomic mass is 9.82. The van der Waals surface area contributed by atoms with E-state index in [1.165, 1.54) is 5.57 Å². The second-order valence-electron chi connectivity index (χ2n) is 6.06. The van der Waals surface area contributed by atoms with Crippen LogP contribution >= 0.6 is 0 Å². The maximum absolute atomic E-state index is 4.64. The Balaban J connectivity index is 4.81. The first kappa shape index (κ1) is 13.5. The van der Waals surface area contributed by atoms with Crippen molar-refractivity contribution in [2.75, 3.05) is 0 Å². The minimum atomic E-state index is 0.0249. The van der Waals surface area contributed by atoms with Gasteiger partial charge in [0.15, 0.2) is 0 Å². The summed E-state index contributed by atoms with van der Waals surface area (Å²) >= 11 is 0. The minimum absolute atomic E-state index is 0.0249. The van der Waals surface area contributed by atoms with E-state index in [0.29, 0.717) is 0 Å². The van der Waals surface area contributed by atoms with Gasteiger partial charge < -0.3 is 0 Å². The molecular formula is C12H24BN. The van der Waals surface area contributed by atoms with Crippen molar-refractivity contribution in [1.82, 2.24) is 0 Å². The Morgan fingerprint density at radius 1 is 1.07 bits per heavy atom. The van der Waals surface area contributed by atoms with E-state index in [0.717, 1.165) is 5.71 Å². The van der Waals surface area contributed by atoms with Crippen molar-refractivity contribution in [2.45, 2.75) is 53.9 Å². The molecule has 0 radical (unpaired) electrons. The van der Waals surface area contributed by atoms with Crippen LogP contribution in [0.25, 0.3) is 0 Å². The molecule has 0 rings (SSSR count). The van der Waals surface area contributed by atoms with Crippen LogP contribution in [-0.2, 0) is 0 Å². The van der Waals surface area contributed by atoms with Crippen LogP contribution in [0.4, 0.5) is 0 Å². The summed E-state index contributed by atoms with van der Waals surface area (Å²) in [5, 5.41) is 0. The average molecular weight is 193 g/mol. The van der Waals surface area contributed by atoms with E-state index < -0.39 is 0 Å². The number of aliphatic imine (C=N–C) groups is 1. The highest BCUT2D eigenvalue weighted by Gasteiger charge is 2.11. The number of allylic oxidation sites excluding steroid dienone is 2. The molecule has 0 bridgehead atoms. The quantitative estimate of drug-likeness (QED) is 0.472. The van der Waals surface area contributed by atoms with Crippen LogP contribution in [0.15, 0.2) is 16.6 Å². The number of rotatable bonds is 2. The summed E-state index contributed by atoms with van der Waals surface area (Å²) in [5.74, 6) is 0. The van der Waals surface area contributed by atoms with Crippen LogP contribution in [0.1, 0.15) is 48.5 Å². The van der Waals surface area contributed by atoms with Crippen LogP contribution in [0.3, 0.4) is 0 Å². The first-order valence-electron chi connectivity index (χ1n) is 5.27. The Bertz CT molecular complexity index is 220. The van der Waals surface area contributed by atoms with Gasteiger partial charge in [0, 0.05) is 11.1 Å². The van der Waals surface area contributed by atoms with E-state index in [9.17, 15) is 0 Å². The molecule has 80 valence electrons. The summed E-state index contributed by atoms with van der Waals surface area (Å²) in [6.45, 7) is 15.1. The van der Waals surface area contributed by atoms with Crippen LogP contribution in [-0.4, -0.2) is 19.0 Å². The van der Waals surface area contributed by atoms with Gasteiger partial charge in [-0.2, -0.15) is 0 Å². The standard InChI is InChI=1S/C12H24BN/c1-9(8-11(3,4)5)10(2)14-12(6,7)13/h8H,13H2,1-7H3/b9-8-,14-10-. The Morgan fingerprint density at radius 2 is 1.50 bits per heavy atom. The molecule has 1 nitrogen and oxygen atoms in total. The van der Waals surface area contributed by atoms with Crippen LogP contribution in [0.2, 0.25) is 0 Å². The summed E-state index contributed by atoms with van der Waals surface area (Å²) < 4.78 is 0. The second-order valence-corrected chi connectivity index (χ2v) is 6.06. The SMILES string of the molecule is BC(C)(C)/N=C(C)\C(C)=C/C(C)(C)C. The van der Waals surface area contributed by atoms with Crippen molar-refractivity contribution >= 4 is 13.6 Å². The molecule has 0 aromatic rings. The van der Waals surface area contributed by atoms with Gasteiger partial charge in [-0.1, -0.05) is 26.8 Å². The Kier molecular flexibility index (Phi) is 4.17. The Labute approximate surface area is 90.1 Å². The van der Waals surface area contributed by atoms with Gasteiger partial charge in [0.1, 0.15) is 7.85 Å². The fraction of sp³-hybridized carbons (Fsp3) is 0.750. The van der Waals surface area contributed by atoms with Gasteiger partial charge in [0.25, 0.3) is 0 Å². The van der Waals surface area contributed by atoms with E-state index in [4.69, 9.17) is 0 Å². The zero-order valence-electron chi connectivity index (χ0n) is 11.0. The highest BCUT2D eigenvalue weighted by molar-refractivity contribution is 6.16. The molecule has 0 spiro atoms. The number of nitrogens with zero attached hydrogens (tertiary/aromatic N) is 1. The van der Waals surface area contributed by atoms with Crippen molar-refractivity contribution in [3.63, 3.8) is 0 Å². The van der Waals surface area contributed by atoms with E-state index >= 15 is 0 Å². The molecular weight excluding hydrogens is 169 g/mol. The van der Waals surface area contributed by atoms with Crippen LogP contribution in [0.5, 0.6) is 0 Å². The molecule has 0 aromatic heterocycles. The maximum atomic E-state index is 4.64. The lowest BCUT2D eigenvalue weighted by Crippen LogP contribution is -2.19. The predicted octanol–water partition coefficient (Wildman–Crippen LogP) is 2.81. The third kappa shape index (κ3) is 6.93.